The highest BCUT2D eigenvalue weighted by Gasteiger charge is 2.18. The van der Waals surface area contributed by atoms with E-state index >= 15 is 0 Å². The van der Waals surface area contributed by atoms with Gasteiger partial charge in [0.1, 0.15) is 0 Å². The highest BCUT2D eigenvalue weighted by molar-refractivity contribution is 5.98. The van der Waals surface area contributed by atoms with Gasteiger partial charge in [-0.15, -0.1) is 6.42 Å². The topological polar surface area (TPSA) is 57.8 Å². The highest BCUT2D eigenvalue weighted by Crippen LogP contribution is 2.13. The van der Waals surface area contributed by atoms with Crippen LogP contribution in [0.15, 0.2) is 24.4 Å². The largest absolute Gasteiger partial charge is 0.336 e. The van der Waals surface area contributed by atoms with Crippen LogP contribution >= 0.6 is 0 Å². The van der Waals surface area contributed by atoms with E-state index in [0.29, 0.717) is 5.56 Å². The van der Waals surface area contributed by atoms with Crippen LogP contribution in [0.2, 0.25) is 0 Å². The van der Waals surface area contributed by atoms with Gasteiger partial charge in [-0.05, 0) is 26.0 Å². The number of aromatic nitrogens is 2. The van der Waals surface area contributed by atoms with Crippen molar-refractivity contribution in [2.24, 2.45) is 0 Å². The maximum atomic E-state index is 11.9. The summed E-state index contributed by atoms with van der Waals surface area (Å²) < 4.78 is 0. The van der Waals surface area contributed by atoms with Crippen LogP contribution in [-0.4, -0.2) is 21.6 Å². The first kappa shape index (κ1) is 11.2. The third kappa shape index (κ3) is 2.28. The van der Waals surface area contributed by atoms with E-state index in [-0.39, 0.29) is 5.91 Å². The van der Waals surface area contributed by atoms with E-state index in [0.717, 1.165) is 10.9 Å². The number of fused-ring (bicyclic) bond motifs is 1. The summed E-state index contributed by atoms with van der Waals surface area (Å²) >= 11 is 0. The van der Waals surface area contributed by atoms with Crippen molar-refractivity contribution in [3.05, 3.63) is 30.0 Å². The Bertz CT molecular complexity index is 604. The second-order valence-electron chi connectivity index (χ2n) is 4.40. The molecule has 0 saturated heterocycles. The minimum absolute atomic E-state index is 0.190. The van der Waals surface area contributed by atoms with Crippen LogP contribution in [0.5, 0.6) is 0 Å². The Kier molecular flexibility index (Phi) is 2.60. The van der Waals surface area contributed by atoms with Gasteiger partial charge in [-0.3, -0.25) is 9.89 Å². The lowest BCUT2D eigenvalue weighted by Gasteiger charge is -2.19. The number of aromatic amines is 1. The zero-order chi connectivity index (χ0) is 12.5. The number of nitrogens with zero attached hydrogens (tertiary/aromatic N) is 1. The second kappa shape index (κ2) is 3.95. The van der Waals surface area contributed by atoms with Crippen molar-refractivity contribution in [2.45, 2.75) is 19.4 Å². The lowest BCUT2D eigenvalue weighted by atomic mass is 10.1. The molecule has 1 aromatic carbocycles. The van der Waals surface area contributed by atoms with Gasteiger partial charge in [-0.1, -0.05) is 12.0 Å². The average Bonchev–Trinajstić information content (AvgIpc) is 2.75. The molecule has 4 nitrogen and oxygen atoms in total. The molecule has 0 aliphatic heterocycles. The molecule has 0 saturated carbocycles. The summed E-state index contributed by atoms with van der Waals surface area (Å²) in [5.41, 5.74) is 0.737. The van der Waals surface area contributed by atoms with Crippen molar-refractivity contribution in [1.29, 1.82) is 0 Å². The van der Waals surface area contributed by atoms with Gasteiger partial charge in [0.25, 0.3) is 5.91 Å². The fraction of sp³-hybridized carbons (Fsp3) is 0.231. The lowest BCUT2D eigenvalue weighted by Crippen LogP contribution is -2.42. The normalized spacial score (nSPS) is 11.1. The van der Waals surface area contributed by atoms with Crippen molar-refractivity contribution >= 4 is 16.8 Å². The first-order chi connectivity index (χ1) is 8.02. The van der Waals surface area contributed by atoms with Crippen LogP contribution in [0.4, 0.5) is 0 Å². The Morgan fingerprint density at radius 2 is 2.29 bits per heavy atom. The molecular weight excluding hydrogens is 214 g/mol. The number of hydrogen-bond acceptors (Lipinski definition) is 2. The predicted octanol–water partition coefficient (Wildman–Crippen LogP) is 1.70. The van der Waals surface area contributed by atoms with E-state index in [1.807, 2.05) is 6.07 Å². The summed E-state index contributed by atoms with van der Waals surface area (Å²) in [6.45, 7) is 3.55. The van der Waals surface area contributed by atoms with E-state index in [1.165, 1.54) is 0 Å². The second-order valence-corrected chi connectivity index (χ2v) is 4.40. The molecule has 2 aromatic rings. The van der Waals surface area contributed by atoms with E-state index in [4.69, 9.17) is 6.42 Å². The molecule has 0 fully saturated rings. The quantitative estimate of drug-likeness (QED) is 0.767. The molecule has 0 aliphatic rings. The number of rotatable bonds is 2. The number of nitrogens with one attached hydrogen (secondary N) is 2. The summed E-state index contributed by atoms with van der Waals surface area (Å²) in [6.07, 6.45) is 7.04. The molecule has 0 bridgehead atoms. The van der Waals surface area contributed by atoms with Gasteiger partial charge in [0.2, 0.25) is 0 Å². The Morgan fingerprint density at radius 1 is 1.53 bits per heavy atom. The van der Waals surface area contributed by atoms with Crippen molar-refractivity contribution in [2.75, 3.05) is 0 Å². The molecule has 0 spiro atoms. The Hall–Kier alpha value is -2.28. The molecule has 86 valence electrons. The number of H-pyrrole nitrogens is 1. The molecule has 0 unspecified atom stereocenters. The van der Waals surface area contributed by atoms with Gasteiger partial charge in [0.15, 0.2) is 0 Å². The minimum Gasteiger partial charge on any atom is -0.336 e. The molecule has 4 heteroatoms. The maximum absolute atomic E-state index is 11.9. The molecule has 17 heavy (non-hydrogen) atoms. The fourth-order valence-electron chi connectivity index (χ4n) is 1.47. The number of carbonyl (C=O) groups is 1. The van der Waals surface area contributed by atoms with Crippen molar-refractivity contribution in [3.63, 3.8) is 0 Å². The Morgan fingerprint density at radius 3 is 3.00 bits per heavy atom. The molecule has 1 aromatic heterocycles. The van der Waals surface area contributed by atoms with Crippen LogP contribution in [0.3, 0.4) is 0 Å². The van der Waals surface area contributed by atoms with Gasteiger partial charge < -0.3 is 5.32 Å². The predicted molar refractivity (Wildman–Crippen MR) is 66.5 cm³/mol. The van der Waals surface area contributed by atoms with Crippen LogP contribution in [-0.2, 0) is 0 Å². The lowest BCUT2D eigenvalue weighted by molar-refractivity contribution is 0.0930. The zero-order valence-corrected chi connectivity index (χ0v) is 9.74. The van der Waals surface area contributed by atoms with Crippen molar-refractivity contribution in [3.8, 4) is 12.3 Å². The summed E-state index contributed by atoms with van der Waals surface area (Å²) in [5.74, 6) is 2.33. The first-order valence-electron chi connectivity index (χ1n) is 5.25. The van der Waals surface area contributed by atoms with Crippen LogP contribution in [0.25, 0.3) is 10.9 Å². The minimum atomic E-state index is -0.653. The maximum Gasteiger partial charge on any atom is 0.252 e. The molecule has 1 heterocycles. The van der Waals surface area contributed by atoms with Crippen molar-refractivity contribution in [1.82, 2.24) is 15.5 Å². The third-order valence-electron chi connectivity index (χ3n) is 2.49. The van der Waals surface area contributed by atoms with E-state index < -0.39 is 5.54 Å². The van der Waals surface area contributed by atoms with Gasteiger partial charge >= 0.3 is 0 Å². The monoisotopic (exact) mass is 227 g/mol. The summed E-state index contributed by atoms with van der Waals surface area (Å²) in [6, 6.07) is 5.35. The molecule has 1 amide bonds. The van der Waals surface area contributed by atoms with Crippen LogP contribution < -0.4 is 5.32 Å². The van der Waals surface area contributed by atoms with Gasteiger partial charge in [0.05, 0.1) is 17.3 Å². The molecule has 0 atom stereocenters. The number of carbonyl (C=O) groups excluding carboxylic acids is 1. The Labute approximate surface area is 99.4 Å². The summed E-state index contributed by atoms with van der Waals surface area (Å²) in [5, 5.41) is 10.5. The smallest absolute Gasteiger partial charge is 0.252 e. The number of terminal acetylenes is 1. The van der Waals surface area contributed by atoms with Gasteiger partial charge in [0, 0.05) is 10.9 Å². The Balaban J connectivity index is 2.28. The van der Waals surface area contributed by atoms with Crippen LogP contribution in [0, 0.1) is 12.3 Å². The van der Waals surface area contributed by atoms with E-state index in [9.17, 15) is 4.79 Å². The number of hydrogen-bond donors (Lipinski definition) is 2. The van der Waals surface area contributed by atoms with Gasteiger partial charge in [-0.2, -0.15) is 5.10 Å². The molecule has 2 N–H and O–H groups in total. The standard InChI is InChI=1S/C13H13N3O/c1-4-13(2,3)15-12(17)9-5-6-10-8-14-16-11(10)7-9/h1,5-8H,2-3H3,(H,14,16)(H,15,17). The number of benzene rings is 1. The SMILES string of the molecule is C#CC(C)(C)NC(=O)c1ccc2cn[nH]c2c1. The average molecular weight is 227 g/mol. The van der Waals surface area contributed by atoms with Gasteiger partial charge in [-0.25, -0.2) is 0 Å². The number of amides is 1. The molecule has 0 radical (unpaired) electrons. The molecule has 0 aliphatic carbocycles. The van der Waals surface area contributed by atoms with E-state index in [1.54, 1.807) is 32.2 Å². The third-order valence-corrected chi connectivity index (χ3v) is 2.49. The molecule has 2 rings (SSSR count). The summed E-state index contributed by atoms with van der Waals surface area (Å²) in [4.78, 5) is 11.9. The van der Waals surface area contributed by atoms with E-state index in [2.05, 4.69) is 21.4 Å². The summed E-state index contributed by atoms with van der Waals surface area (Å²) in [7, 11) is 0. The molecular formula is C13H13N3O. The highest BCUT2D eigenvalue weighted by atomic mass is 16.1. The van der Waals surface area contributed by atoms with Crippen molar-refractivity contribution < 1.29 is 4.79 Å². The first-order valence-corrected chi connectivity index (χ1v) is 5.25. The van der Waals surface area contributed by atoms with Crippen LogP contribution in [0.1, 0.15) is 24.2 Å². The zero-order valence-electron chi connectivity index (χ0n) is 9.74. The fourth-order valence-corrected chi connectivity index (χ4v) is 1.47.